The van der Waals surface area contributed by atoms with Crippen LogP contribution < -0.4 is 0 Å². The molecule has 0 aliphatic carbocycles. The lowest BCUT2D eigenvalue weighted by Gasteiger charge is -2.32. The smallest absolute Gasteiger partial charge is 0.255 e. The lowest BCUT2D eigenvalue weighted by molar-refractivity contribution is 0.0705. The van der Waals surface area contributed by atoms with Crippen molar-refractivity contribution in [3.63, 3.8) is 0 Å². The van der Waals surface area contributed by atoms with E-state index in [1.165, 1.54) is 0 Å². The molecule has 6 heteroatoms. The zero-order valence-corrected chi connectivity index (χ0v) is 14.7. The van der Waals surface area contributed by atoms with E-state index in [0.29, 0.717) is 12.1 Å². The molecule has 3 aromatic rings. The van der Waals surface area contributed by atoms with Crippen LogP contribution in [0, 0.1) is 6.92 Å². The molecule has 0 aromatic carbocycles. The monoisotopic (exact) mass is 347 g/mol. The number of carbonyl (C=O) groups excluding carboxylic acids is 1. The van der Waals surface area contributed by atoms with E-state index in [2.05, 4.69) is 16.0 Å². The summed E-state index contributed by atoms with van der Waals surface area (Å²) in [5.74, 6) is 2.07. The molecule has 1 saturated heterocycles. The minimum Gasteiger partial charge on any atom is -0.338 e. The molecular formula is C20H21N5O. The number of hydrogen-bond acceptors (Lipinski definition) is 4. The van der Waals surface area contributed by atoms with Crippen molar-refractivity contribution in [1.29, 1.82) is 0 Å². The summed E-state index contributed by atoms with van der Waals surface area (Å²) in [5, 5.41) is 0. The number of carbonyl (C=O) groups is 1. The second-order valence-corrected chi connectivity index (χ2v) is 6.60. The third kappa shape index (κ3) is 3.22. The molecule has 26 heavy (non-hydrogen) atoms. The van der Waals surface area contributed by atoms with Crippen molar-refractivity contribution in [2.45, 2.75) is 25.7 Å². The summed E-state index contributed by atoms with van der Waals surface area (Å²) >= 11 is 0. The van der Waals surface area contributed by atoms with Gasteiger partial charge in [-0.25, -0.2) is 9.97 Å². The van der Waals surface area contributed by atoms with E-state index in [0.717, 1.165) is 36.7 Å². The van der Waals surface area contributed by atoms with Gasteiger partial charge in [-0.2, -0.15) is 0 Å². The van der Waals surface area contributed by atoms with Gasteiger partial charge in [-0.1, -0.05) is 6.07 Å². The molecule has 1 aliphatic heterocycles. The van der Waals surface area contributed by atoms with Crippen molar-refractivity contribution < 1.29 is 4.79 Å². The second kappa shape index (κ2) is 7.07. The predicted octanol–water partition coefficient (Wildman–Crippen LogP) is 2.99. The first kappa shape index (κ1) is 16.4. The van der Waals surface area contributed by atoms with Crippen LogP contribution in [0.2, 0.25) is 0 Å². The van der Waals surface area contributed by atoms with Crippen LogP contribution in [0.3, 0.4) is 0 Å². The van der Waals surface area contributed by atoms with Crippen LogP contribution >= 0.6 is 0 Å². The van der Waals surface area contributed by atoms with Gasteiger partial charge in [0.15, 0.2) is 0 Å². The molecule has 6 nitrogen and oxygen atoms in total. The number of nitrogens with zero attached hydrogens (tertiary/aromatic N) is 5. The Kier molecular flexibility index (Phi) is 4.48. The van der Waals surface area contributed by atoms with Gasteiger partial charge in [-0.3, -0.25) is 14.3 Å². The van der Waals surface area contributed by atoms with Crippen molar-refractivity contribution in [3.05, 3.63) is 72.2 Å². The molecular weight excluding hydrogens is 326 g/mol. The minimum atomic E-state index is 0.0457. The third-order valence-corrected chi connectivity index (χ3v) is 4.86. The van der Waals surface area contributed by atoms with Crippen LogP contribution in [-0.2, 0) is 0 Å². The summed E-state index contributed by atoms with van der Waals surface area (Å²) < 4.78 is 1.98. The Hall–Kier alpha value is -3.02. The van der Waals surface area contributed by atoms with Gasteiger partial charge in [0.25, 0.3) is 5.91 Å². The van der Waals surface area contributed by atoms with E-state index in [9.17, 15) is 4.79 Å². The molecule has 3 aromatic heterocycles. The van der Waals surface area contributed by atoms with Crippen LogP contribution in [-0.4, -0.2) is 43.4 Å². The van der Waals surface area contributed by atoms with Gasteiger partial charge in [-0.05, 0) is 44.0 Å². The molecule has 1 amide bonds. The Labute approximate surface area is 152 Å². The van der Waals surface area contributed by atoms with Crippen LogP contribution in [0.5, 0.6) is 0 Å². The maximum Gasteiger partial charge on any atom is 0.255 e. The third-order valence-electron chi connectivity index (χ3n) is 4.86. The standard InChI is InChI=1S/C20H21N5O/c1-15-22-10-12-25(15)19-8-2-7-18(23-19)17-6-4-11-24(14-17)20(26)16-5-3-9-21-13-16/h2-3,5,7-10,12-13,17H,4,6,11,14H2,1H3. The maximum absolute atomic E-state index is 12.7. The van der Waals surface area contributed by atoms with Gasteiger partial charge < -0.3 is 4.90 Å². The Morgan fingerprint density at radius 1 is 1.19 bits per heavy atom. The number of piperidine rings is 1. The largest absolute Gasteiger partial charge is 0.338 e. The SMILES string of the molecule is Cc1nccn1-c1cccc(C2CCCN(C(=O)c3cccnc3)C2)n1. The highest BCUT2D eigenvalue weighted by atomic mass is 16.2. The summed E-state index contributed by atoms with van der Waals surface area (Å²) in [6, 6.07) is 9.68. The number of aromatic nitrogens is 4. The molecule has 4 heterocycles. The number of rotatable bonds is 3. The van der Waals surface area contributed by atoms with Gasteiger partial charge in [0.05, 0.1) is 5.56 Å². The van der Waals surface area contributed by atoms with Crippen molar-refractivity contribution >= 4 is 5.91 Å². The summed E-state index contributed by atoms with van der Waals surface area (Å²) in [4.78, 5) is 27.8. The molecule has 0 saturated carbocycles. The fraction of sp³-hybridized carbons (Fsp3) is 0.300. The van der Waals surface area contributed by atoms with E-state index in [1.54, 1.807) is 24.7 Å². The first-order valence-electron chi connectivity index (χ1n) is 8.89. The molecule has 0 N–H and O–H groups in total. The van der Waals surface area contributed by atoms with Crippen molar-refractivity contribution in [3.8, 4) is 5.82 Å². The normalized spacial score (nSPS) is 17.3. The Morgan fingerprint density at radius 2 is 2.12 bits per heavy atom. The summed E-state index contributed by atoms with van der Waals surface area (Å²) in [7, 11) is 0. The first-order valence-corrected chi connectivity index (χ1v) is 8.89. The molecule has 0 bridgehead atoms. The highest BCUT2D eigenvalue weighted by molar-refractivity contribution is 5.94. The van der Waals surface area contributed by atoms with Crippen LogP contribution in [0.15, 0.2) is 55.1 Å². The van der Waals surface area contributed by atoms with E-state index in [4.69, 9.17) is 4.98 Å². The van der Waals surface area contributed by atoms with E-state index >= 15 is 0 Å². The molecule has 1 fully saturated rings. The Morgan fingerprint density at radius 3 is 2.88 bits per heavy atom. The highest BCUT2D eigenvalue weighted by Gasteiger charge is 2.26. The van der Waals surface area contributed by atoms with Crippen LogP contribution in [0.1, 0.15) is 40.6 Å². The zero-order chi connectivity index (χ0) is 17.9. The first-order chi connectivity index (χ1) is 12.7. The number of pyridine rings is 2. The van der Waals surface area contributed by atoms with Gasteiger partial charge in [0, 0.05) is 49.5 Å². The van der Waals surface area contributed by atoms with E-state index in [1.807, 2.05) is 40.8 Å². The number of hydrogen-bond donors (Lipinski definition) is 0. The van der Waals surface area contributed by atoms with Gasteiger partial charge in [0.2, 0.25) is 0 Å². The number of amides is 1. The maximum atomic E-state index is 12.7. The summed E-state index contributed by atoms with van der Waals surface area (Å²) in [6.45, 7) is 3.43. The van der Waals surface area contributed by atoms with Gasteiger partial charge in [-0.15, -0.1) is 0 Å². The molecule has 1 unspecified atom stereocenters. The molecule has 132 valence electrons. The fourth-order valence-corrected chi connectivity index (χ4v) is 3.50. The predicted molar refractivity (Wildman–Crippen MR) is 98.2 cm³/mol. The average molecular weight is 347 g/mol. The van der Waals surface area contributed by atoms with E-state index < -0.39 is 0 Å². The molecule has 1 aliphatic rings. The topological polar surface area (TPSA) is 63.9 Å². The van der Waals surface area contributed by atoms with Gasteiger partial charge in [0.1, 0.15) is 11.6 Å². The minimum absolute atomic E-state index is 0.0457. The molecule has 0 radical (unpaired) electrons. The van der Waals surface area contributed by atoms with Crippen LogP contribution in [0.4, 0.5) is 0 Å². The van der Waals surface area contributed by atoms with E-state index in [-0.39, 0.29) is 11.8 Å². The second-order valence-electron chi connectivity index (χ2n) is 6.60. The fourth-order valence-electron chi connectivity index (χ4n) is 3.50. The van der Waals surface area contributed by atoms with Crippen molar-refractivity contribution in [2.75, 3.05) is 13.1 Å². The molecule has 1 atom stereocenters. The summed E-state index contributed by atoms with van der Waals surface area (Å²) in [5.41, 5.74) is 1.67. The lowest BCUT2D eigenvalue weighted by Crippen LogP contribution is -2.39. The number of imidazole rings is 1. The Balaban J connectivity index is 1.55. The average Bonchev–Trinajstić information content (AvgIpc) is 3.14. The highest BCUT2D eigenvalue weighted by Crippen LogP contribution is 2.27. The number of aryl methyl sites for hydroxylation is 1. The summed E-state index contributed by atoms with van der Waals surface area (Å²) in [6.07, 6.45) is 9.03. The zero-order valence-electron chi connectivity index (χ0n) is 14.7. The van der Waals surface area contributed by atoms with Crippen LogP contribution in [0.25, 0.3) is 5.82 Å². The quantitative estimate of drug-likeness (QED) is 0.731. The number of likely N-dealkylation sites (tertiary alicyclic amines) is 1. The molecule has 0 spiro atoms. The van der Waals surface area contributed by atoms with Crippen molar-refractivity contribution in [1.82, 2.24) is 24.4 Å². The van der Waals surface area contributed by atoms with Gasteiger partial charge >= 0.3 is 0 Å². The van der Waals surface area contributed by atoms with Crippen molar-refractivity contribution in [2.24, 2.45) is 0 Å². The molecule has 4 rings (SSSR count). The lowest BCUT2D eigenvalue weighted by atomic mass is 9.94. The Bertz CT molecular complexity index is 905.